The zero-order valence-corrected chi connectivity index (χ0v) is 20.3. The van der Waals surface area contributed by atoms with Crippen LogP contribution in [0.15, 0.2) is 83.8 Å². The third kappa shape index (κ3) is 5.51. The van der Waals surface area contributed by atoms with Crippen LogP contribution < -0.4 is 9.64 Å². The van der Waals surface area contributed by atoms with Gasteiger partial charge < -0.3 is 9.64 Å². The second-order valence-electron chi connectivity index (χ2n) is 7.92. The van der Waals surface area contributed by atoms with Crippen molar-refractivity contribution in [3.05, 3.63) is 100 Å². The molecule has 3 aromatic rings. The van der Waals surface area contributed by atoms with Crippen LogP contribution in [0.3, 0.4) is 0 Å². The topological polar surface area (TPSA) is 49.9 Å². The summed E-state index contributed by atoms with van der Waals surface area (Å²) in [6.45, 7) is 6.67. The first-order valence-electron chi connectivity index (χ1n) is 11.4. The summed E-state index contributed by atoms with van der Waals surface area (Å²) in [6.07, 6.45) is 1.77. The van der Waals surface area contributed by atoms with E-state index in [1.54, 1.807) is 6.08 Å². The molecule has 34 heavy (non-hydrogen) atoms. The lowest BCUT2D eigenvalue weighted by molar-refractivity contribution is -0.123. The van der Waals surface area contributed by atoms with Crippen molar-refractivity contribution in [2.45, 2.75) is 27.0 Å². The number of imide groups is 1. The minimum absolute atomic E-state index is 0.258. The highest BCUT2D eigenvalue weighted by atomic mass is 32.2. The third-order valence-corrected chi connectivity index (χ3v) is 6.61. The number of rotatable bonds is 9. The molecule has 1 heterocycles. The van der Waals surface area contributed by atoms with Gasteiger partial charge in [-0.1, -0.05) is 60.7 Å². The summed E-state index contributed by atoms with van der Waals surface area (Å²) < 4.78 is 6.21. The largest absolute Gasteiger partial charge is 0.488 e. The second-order valence-corrected chi connectivity index (χ2v) is 8.92. The Morgan fingerprint density at radius 3 is 2.18 bits per heavy atom. The van der Waals surface area contributed by atoms with Crippen molar-refractivity contribution in [3.8, 4) is 5.75 Å². The molecule has 0 saturated carbocycles. The minimum Gasteiger partial charge on any atom is -0.488 e. The Morgan fingerprint density at radius 1 is 0.882 bits per heavy atom. The van der Waals surface area contributed by atoms with Crippen molar-refractivity contribution in [3.63, 3.8) is 0 Å². The summed E-state index contributed by atoms with van der Waals surface area (Å²) in [6, 6.07) is 25.5. The van der Waals surface area contributed by atoms with E-state index < -0.39 is 0 Å². The van der Waals surface area contributed by atoms with E-state index in [9.17, 15) is 9.59 Å². The van der Waals surface area contributed by atoms with Gasteiger partial charge in [0, 0.05) is 30.4 Å². The van der Waals surface area contributed by atoms with Gasteiger partial charge in [-0.3, -0.25) is 14.5 Å². The maximum absolute atomic E-state index is 13.1. The number of benzene rings is 3. The molecule has 0 aromatic heterocycles. The molecule has 2 amide bonds. The Balaban J connectivity index is 1.61. The Hall–Kier alpha value is -3.51. The molecule has 3 aromatic carbocycles. The molecule has 1 fully saturated rings. The molecule has 0 N–H and O–H groups in total. The van der Waals surface area contributed by atoms with Gasteiger partial charge in [-0.15, -0.1) is 0 Å². The summed E-state index contributed by atoms with van der Waals surface area (Å²) in [4.78, 5) is 29.6. The van der Waals surface area contributed by atoms with Crippen molar-refractivity contribution < 1.29 is 14.3 Å². The average Bonchev–Trinajstić information content (AvgIpc) is 3.13. The number of nitrogens with zero attached hydrogens (tertiary/aromatic N) is 2. The van der Waals surface area contributed by atoms with Crippen molar-refractivity contribution in [1.82, 2.24) is 4.90 Å². The molecule has 174 valence electrons. The quantitative estimate of drug-likeness (QED) is 0.340. The first-order valence-corrected chi connectivity index (χ1v) is 12.3. The molecule has 0 spiro atoms. The van der Waals surface area contributed by atoms with Crippen LogP contribution in [0, 0.1) is 0 Å². The molecule has 1 aliphatic rings. The number of anilines is 1. The Bertz CT molecular complexity index is 1170. The number of thioether (sulfide) groups is 1. The lowest BCUT2D eigenvalue weighted by Crippen LogP contribution is -2.27. The number of carbonyl (C=O) groups is 2. The van der Waals surface area contributed by atoms with Crippen LogP contribution in [0.25, 0.3) is 6.08 Å². The van der Waals surface area contributed by atoms with Crippen LogP contribution in [-0.4, -0.2) is 29.1 Å². The van der Waals surface area contributed by atoms with Crippen molar-refractivity contribution in [2.75, 3.05) is 18.0 Å². The van der Waals surface area contributed by atoms with Crippen LogP contribution in [-0.2, 0) is 17.9 Å². The van der Waals surface area contributed by atoms with Crippen molar-refractivity contribution in [1.29, 1.82) is 0 Å². The van der Waals surface area contributed by atoms with Gasteiger partial charge in [0.25, 0.3) is 11.1 Å². The Kier molecular flexibility index (Phi) is 7.70. The number of hydrogen-bond donors (Lipinski definition) is 0. The first kappa shape index (κ1) is 23.6. The average molecular weight is 473 g/mol. The number of amides is 2. The number of hydrogen-bond acceptors (Lipinski definition) is 5. The van der Waals surface area contributed by atoms with E-state index in [0.29, 0.717) is 17.3 Å². The van der Waals surface area contributed by atoms with E-state index in [1.807, 2.05) is 78.9 Å². The molecular weight excluding hydrogens is 444 g/mol. The molecule has 0 aliphatic carbocycles. The zero-order chi connectivity index (χ0) is 23.9. The van der Waals surface area contributed by atoms with Crippen LogP contribution in [0.5, 0.6) is 5.75 Å². The third-order valence-electron chi connectivity index (χ3n) is 5.71. The molecule has 6 heteroatoms. The highest BCUT2D eigenvalue weighted by Gasteiger charge is 2.35. The van der Waals surface area contributed by atoms with E-state index in [4.69, 9.17) is 4.74 Å². The van der Waals surface area contributed by atoms with Gasteiger partial charge in [-0.05, 0) is 54.9 Å². The summed E-state index contributed by atoms with van der Waals surface area (Å²) in [5.41, 5.74) is 3.81. The lowest BCUT2D eigenvalue weighted by Gasteiger charge is -2.22. The monoisotopic (exact) mass is 472 g/mol. The Labute approximate surface area is 205 Å². The van der Waals surface area contributed by atoms with Crippen LogP contribution in [0.1, 0.15) is 30.5 Å². The molecular formula is C28H28N2O3S. The normalized spacial score (nSPS) is 14.6. The molecule has 1 saturated heterocycles. The predicted octanol–water partition coefficient (Wildman–Crippen LogP) is 6.35. The van der Waals surface area contributed by atoms with E-state index in [0.717, 1.165) is 47.2 Å². The first-order chi connectivity index (χ1) is 16.6. The van der Waals surface area contributed by atoms with Gasteiger partial charge in [-0.25, -0.2) is 0 Å². The number of carbonyl (C=O) groups excluding carboxylic acids is 2. The summed E-state index contributed by atoms with van der Waals surface area (Å²) in [7, 11) is 0. The maximum atomic E-state index is 13.1. The molecule has 0 radical (unpaired) electrons. The fraction of sp³-hybridized carbons (Fsp3) is 0.214. The van der Waals surface area contributed by atoms with Crippen molar-refractivity contribution >= 4 is 34.7 Å². The molecule has 5 nitrogen and oxygen atoms in total. The zero-order valence-electron chi connectivity index (χ0n) is 19.4. The van der Waals surface area contributed by atoms with Crippen molar-refractivity contribution in [2.24, 2.45) is 0 Å². The molecule has 0 bridgehead atoms. The molecule has 4 rings (SSSR count). The highest BCUT2D eigenvalue weighted by molar-refractivity contribution is 8.18. The van der Waals surface area contributed by atoms with Gasteiger partial charge in [0.1, 0.15) is 12.4 Å². The van der Waals surface area contributed by atoms with Gasteiger partial charge in [0.15, 0.2) is 0 Å². The lowest BCUT2D eigenvalue weighted by atomic mass is 10.1. The molecule has 0 atom stereocenters. The van der Waals surface area contributed by atoms with Gasteiger partial charge in [0.05, 0.1) is 11.4 Å². The van der Waals surface area contributed by atoms with Crippen LogP contribution >= 0.6 is 11.8 Å². The predicted molar refractivity (Wildman–Crippen MR) is 139 cm³/mol. The van der Waals surface area contributed by atoms with E-state index in [-0.39, 0.29) is 17.7 Å². The fourth-order valence-corrected chi connectivity index (χ4v) is 4.66. The molecule has 1 aliphatic heterocycles. The standard InChI is InChI=1S/C28H28N2O3S/c1-3-29(4-2)24-16-15-23(25(18-24)33-20-22-13-9-6-10-14-22)17-26-27(31)30(28(32)34-26)19-21-11-7-5-8-12-21/h5-18H,3-4,19-20H2,1-2H3/b26-17+. The highest BCUT2D eigenvalue weighted by Crippen LogP contribution is 2.36. The van der Waals surface area contributed by atoms with Crippen LogP contribution in [0.2, 0.25) is 0 Å². The summed E-state index contributed by atoms with van der Waals surface area (Å²) >= 11 is 0.971. The summed E-state index contributed by atoms with van der Waals surface area (Å²) in [5.74, 6) is 0.406. The van der Waals surface area contributed by atoms with Gasteiger partial charge in [-0.2, -0.15) is 0 Å². The van der Waals surface area contributed by atoms with Gasteiger partial charge >= 0.3 is 0 Å². The Morgan fingerprint density at radius 2 is 1.53 bits per heavy atom. The van der Waals surface area contributed by atoms with E-state index in [1.165, 1.54) is 4.90 Å². The maximum Gasteiger partial charge on any atom is 0.293 e. The SMILES string of the molecule is CCN(CC)c1ccc(/C=C2/SC(=O)N(Cc3ccccc3)C2=O)c(OCc2ccccc2)c1. The van der Waals surface area contributed by atoms with Gasteiger partial charge in [0.2, 0.25) is 0 Å². The van der Waals surface area contributed by atoms with Crippen LogP contribution in [0.4, 0.5) is 10.5 Å². The smallest absolute Gasteiger partial charge is 0.293 e. The molecule has 0 unspecified atom stereocenters. The number of ether oxygens (including phenoxy) is 1. The summed E-state index contributed by atoms with van der Waals surface area (Å²) in [5, 5.41) is -0.258. The minimum atomic E-state index is -0.277. The van der Waals surface area contributed by atoms with E-state index in [2.05, 4.69) is 18.7 Å². The second kappa shape index (κ2) is 11.1. The fourth-order valence-electron chi connectivity index (χ4n) is 3.83. The van der Waals surface area contributed by atoms with E-state index >= 15 is 0 Å².